The quantitative estimate of drug-likeness (QED) is 0.467. The first-order valence-electron chi connectivity index (χ1n) is 9.14. The van der Waals surface area contributed by atoms with Crippen LogP contribution < -0.4 is 10.6 Å². The molecule has 0 aliphatic carbocycles. The van der Waals surface area contributed by atoms with E-state index in [2.05, 4.69) is 34.4 Å². The van der Waals surface area contributed by atoms with E-state index in [4.69, 9.17) is 0 Å². The van der Waals surface area contributed by atoms with Crippen LogP contribution in [-0.4, -0.2) is 81.7 Å². The van der Waals surface area contributed by atoms with Crippen LogP contribution in [0.25, 0.3) is 0 Å². The third-order valence-electron chi connectivity index (χ3n) is 4.48. The van der Waals surface area contributed by atoms with Gasteiger partial charge in [-0.05, 0) is 39.3 Å². The Morgan fingerprint density at radius 2 is 1.88 bits per heavy atom. The summed E-state index contributed by atoms with van der Waals surface area (Å²) in [4.78, 5) is 6.69. The number of nitrogens with zero attached hydrogens (tertiary/aromatic N) is 3. The highest BCUT2D eigenvalue weighted by molar-refractivity contribution is 7.89. The first-order chi connectivity index (χ1) is 11.5. The lowest BCUT2D eigenvalue weighted by atomic mass is 10.1. The Hall–Kier alpha value is -0.860. The van der Waals surface area contributed by atoms with E-state index < -0.39 is 10.0 Å². The molecule has 8 heteroatoms. The Kier molecular flexibility index (Phi) is 9.61. The van der Waals surface area contributed by atoms with E-state index in [1.54, 1.807) is 18.3 Å². The molecule has 1 rings (SSSR count). The highest BCUT2D eigenvalue weighted by atomic mass is 32.2. The molecular formula is C16H35N5O2S. The molecule has 1 saturated heterocycles. The molecule has 2 N–H and O–H groups in total. The van der Waals surface area contributed by atoms with E-state index in [-0.39, 0.29) is 11.8 Å². The Morgan fingerprint density at radius 3 is 2.38 bits per heavy atom. The minimum atomic E-state index is -3.06. The third-order valence-corrected chi connectivity index (χ3v) is 6.37. The summed E-state index contributed by atoms with van der Waals surface area (Å²) in [5.74, 6) is 0.986. The van der Waals surface area contributed by atoms with Crippen LogP contribution in [0, 0.1) is 0 Å². The fourth-order valence-electron chi connectivity index (χ4n) is 2.93. The van der Waals surface area contributed by atoms with Crippen molar-refractivity contribution >= 4 is 16.0 Å². The van der Waals surface area contributed by atoms with Crippen molar-refractivity contribution in [2.75, 3.05) is 52.1 Å². The molecular weight excluding hydrogens is 326 g/mol. The summed E-state index contributed by atoms with van der Waals surface area (Å²) in [5.41, 5.74) is 0. The van der Waals surface area contributed by atoms with Crippen LogP contribution in [-0.2, 0) is 10.0 Å². The number of sulfonamides is 1. The van der Waals surface area contributed by atoms with Crippen LogP contribution in [0.4, 0.5) is 0 Å². The lowest BCUT2D eigenvalue weighted by molar-refractivity contribution is 0.291. The topological polar surface area (TPSA) is 77.0 Å². The predicted molar refractivity (Wildman–Crippen MR) is 101 cm³/mol. The molecule has 0 aromatic heterocycles. The monoisotopic (exact) mass is 361 g/mol. The fraction of sp³-hybridized carbons (Fsp3) is 0.938. The summed E-state index contributed by atoms with van der Waals surface area (Å²) < 4.78 is 25.4. The molecule has 0 saturated carbocycles. The molecule has 0 atom stereocenters. The maximum Gasteiger partial charge on any atom is 0.213 e. The molecule has 24 heavy (non-hydrogen) atoms. The van der Waals surface area contributed by atoms with Gasteiger partial charge in [0.15, 0.2) is 5.96 Å². The largest absolute Gasteiger partial charge is 0.355 e. The van der Waals surface area contributed by atoms with Crippen molar-refractivity contribution in [1.29, 1.82) is 0 Å². The second-order valence-corrected chi connectivity index (χ2v) is 8.41. The van der Waals surface area contributed by atoms with Crippen LogP contribution in [0.15, 0.2) is 4.99 Å². The van der Waals surface area contributed by atoms with E-state index >= 15 is 0 Å². The lowest BCUT2D eigenvalue weighted by Crippen LogP contribution is -2.50. The predicted octanol–water partition coefficient (Wildman–Crippen LogP) is 0.697. The number of nitrogens with one attached hydrogen (secondary N) is 2. The zero-order valence-electron chi connectivity index (χ0n) is 15.7. The Balaban J connectivity index is 2.35. The summed E-state index contributed by atoms with van der Waals surface area (Å²) in [7, 11) is -1.28. The van der Waals surface area contributed by atoms with Crippen molar-refractivity contribution in [3.8, 4) is 0 Å². The van der Waals surface area contributed by atoms with Gasteiger partial charge < -0.3 is 15.5 Å². The molecule has 142 valence electrons. The normalized spacial score (nSPS) is 18.1. The van der Waals surface area contributed by atoms with Gasteiger partial charge in [0.2, 0.25) is 10.0 Å². The highest BCUT2D eigenvalue weighted by Gasteiger charge is 2.26. The Labute approximate surface area is 147 Å². The van der Waals surface area contributed by atoms with Crippen molar-refractivity contribution in [2.24, 2.45) is 4.99 Å². The smallest absolute Gasteiger partial charge is 0.213 e. The molecule has 0 aromatic carbocycles. The minimum Gasteiger partial charge on any atom is -0.355 e. The number of guanidine groups is 1. The van der Waals surface area contributed by atoms with Gasteiger partial charge in [0.1, 0.15) is 0 Å². The van der Waals surface area contributed by atoms with Gasteiger partial charge in [0.25, 0.3) is 0 Å². The summed E-state index contributed by atoms with van der Waals surface area (Å²) in [6, 6.07) is 0.275. The average Bonchev–Trinajstić information content (AvgIpc) is 2.60. The summed E-state index contributed by atoms with van der Waals surface area (Å²) in [6.07, 6.45) is 2.80. The van der Waals surface area contributed by atoms with Crippen molar-refractivity contribution in [3.63, 3.8) is 0 Å². The van der Waals surface area contributed by atoms with Crippen LogP contribution >= 0.6 is 0 Å². The average molecular weight is 362 g/mol. The number of rotatable bonds is 9. The second-order valence-electron chi connectivity index (χ2n) is 6.15. The summed E-state index contributed by atoms with van der Waals surface area (Å²) in [6.45, 7) is 11.3. The lowest BCUT2D eigenvalue weighted by Gasteiger charge is -2.32. The SMILES string of the molecule is CCCN(CC)CCNC(=NC)NC1CCN(S(=O)(=O)CC)CC1. The number of hydrogen-bond acceptors (Lipinski definition) is 4. The van der Waals surface area contributed by atoms with Crippen molar-refractivity contribution in [1.82, 2.24) is 19.8 Å². The van der Waals surface area contributed by atoms with Gasteiger partial charge in [-0.1, -0.05) is 13.8 Å². The summed E-state index contributed by atoms with van der Waals surface area (Å²) in [5, 5.41) is 6.78. The maximum atomic E-state index is 11.9. The third kappa shape index (κ3) is 6.94. The zero-order chi connectivity index (χ0) is 18.0. The number of likely N-dealkylation sites (N-methyl/N-ethyl adjacent to an activating group) is 1. The number of piperidine rings is 1. The van der Waals surface area contributed by atoms with Gasteiger partial charge in [-0.2, -0.15) is 0 Å². The van der Waals surface area contributed by atoms with Gasteiger partial charge >= 0.3 is 0 Å². The van der Waals surface area contributed by atoms with Crippen molar-refractivity contribution < 1.29 is 8.42 Å². The molecule has 0 unspecified atom stereocenters. The van der Waals surface area contributed by atoms with E-state index in [1.165, 1.54) is 6.42 Å². The molecule has 1 fully saturated rings. The minimum absolute atomic E-state index is 0.181. The molecule has 7 nitrogen and oxygen atoms in total. The first kappa shape index (κ1) is 21.2. The van der Waals surface area contributed by atoms with E-state index in [9.17, 15) is 8.42 Å². The van der Waals surface area contributed by atoms with Gasteiger partial charge in [-0.15, -0.1) is 0 Å². The number of hydrogen-bond donors (Lipinski definition) is 2. The molecule has 0 radical (unpaired) electrons. The van der Waals surface area contributed by atoms with Crippen molar-refractivity contribution in [2.45, 2.75) is 46.1 Å². The zero-order valence-corrected chi connectivity index (χ0v) is 16.5. The molecule has 1 heterocycles. The highest BCUT2D eigenvalue weighted by Crippen LogP contribution is 2.14. The van der Waals surface area contributed by atoms with Gasteiger partial charge in [0.05, 0.1) is 5.75 Å². The van der Waals surface area contributed by atoms with Crippen LogP contribution in [0.5, 0.6) is 0 Å². The second kappa shape index (κ2) is 10.9. The van der Waals surface area contributed by atoms with E-state index in [0.717, 1.165) is 45.0 Å². The van der Waals surface area contributed by atoms with Gasteiger partial charge in [-0.25, -0.2) is 12.7 Å². The fourth-order valence-corrected chi connectivity index (χ4v) is 4.06. The van der Waals surface area contributed by atoms with Crippen molar-refractivity contribution in [3.05, 3.63) is 0 Å². The van der Waals surface area contributed by atoms with Crippen LogP contribution in [0.3, 0.4) is 0 Å². The summed E-state index contributed by atoms with van der Waals surface area (Å²) >= 11 is 0. The Morgan fingerprint density at radius 1 is 1.21 bits per heavy atom. The molecule has 0 amide bonds. The van der Waals surface area contributed by atoms with Gasteiger partial charge in [0, 0.05) is 39.3 Å². The number of aliphatic imine (C=N–C) groups is 1. The Bertz CT molecular complexity index is 473. The van der Waals surface area contributed by atoms with Crippen LogP contribution in [0.1, 0.15) is 40.0 Å². The van der Waals surface area contributed by atoms with Gasteiger partial charge in [-0.3, -0.25) is 4.99 Å². The maximum absolute atomic E-state index is 11.9. The molecule has 1 aliphatic rings. The van der Waals surface area contributed by atoms with E-state index in [0.29, 0.717) is 13.1 Å². The molecule has 0 bridgehead atoms. The van der Waals surface area contributed by atoms with E-state index in [1.807, 2.05) is 0 Å². The molecule has 0 spiro atoms. The standard InChI is InChI=1S/C16H35N5O2S/c1-5-11-20(6-2)14-10-18-16(17-4)19-15-8-12-21(13-9-15)24(22,23)7-3/h15H,5-14H2,1-4H3,(H2,17,18,19). The first-order valence-corrected chi connectivity index (χ1v) is 10.7. The van der Waals surface area contributed by atoms with Crippen LogP contribution in [0.2, 0.25) is 0 Å². The molecule has 1 aliphatic heterocycles. The molecule has 0 aromatic rings.